The molecular formula is C43H47N4O2+. The smallest absolute Gasteiger partial charge is 0.226 e. The first-order valence-electron chi connectivity index (χ1n) is 17.2. The van der Waals surface area contributed by atoms with Gasteiger partial charge >= 0.3 is 0 Å². The van der Waals surface area contributed by atoms with Crippen molar-refractivity contribution in [2.75, 3.05) is 32.1 Å². The second-order valence-electron chi connectivity index (χ2n) is 13.8. The molecule has 4 aromatic carbocycles. The number of nitrogens with zero attached hydrogens (tertiary/aromatic N) is 2. The molecule has 2 amide bonds. The van der Waals surface area contributed by atoms with Crippen molar-refractivity contribution >= 4 is 50.4 Å². The summed E-state index contributed by atoms with van der Waals surface area (Å²) in [5.74, 6) is 0.0619. The molecule has 0 atom stereocenters. The van der Waals surface area contributed by atoms with Crippen molar-refractivity contribution in [3.8, 4) is 0 Å². The number of anilines is 1. The zero-order valence-electron chi connectivity index (χ0n) is 29.5. The number of benzene rings is 4. The number of hydrogen-bond donors (Lipinski definition) is 2. The Labute approximate surface area is 290 Å². The summed E-state index contributed by atoms with van der Waals surface area (Å²) >= 11 is 0. The van der Waals surface area contributed by atoms with Gasteiger partial charge in [0.25, 0.3) is 0 Å². The predicted octanol–water partition coefficient (Wildman–Crippen LogP) is 7.99. The fourth-order valence-electron chi connectivity index (χ4n) is 7.72. The van der Waals surface area contributed by atoms with E-state index in [-0.39, 0.29) is 22.6 Å². The fourth-order valence-corrected chi connectivity index (χ4v) is 7.72. The van der Waals surface area contributed by atoms with Gasteiger partial charge in [-0.2, -0.15) is 4.58 Å². The van der Waals surface area contributed by atoms with Crippen LogP contribution in [0.4, 0.5) is 11.4 Å². The zero-order chi connectivity index (χ0) is 34.8. The van der Waals surface area contributed by atoms with E-state index in [1.807, 2.05) is 6.08 Å². The van der Waals surface area contributed by atoms with E-state index in [4.69, 9.17) is 0 Å². The molecule has 2 aliphatic rings. The molecular weight excluding hydrogens is 604 g/mol. The highest BCUT2D eigenvalue weighted by Gasteiger charge is 2.45. The zero-order valence-corrected chi connectivity index (χ0v) is 29.5. The lowest BCUT2D eigenvalue weighted by Gasteiger charge is -2.27. The molecule has 250 valence electrons. The Morgan fingerprint density at radius 1 is 0.694 bits per heavy atom. The molecule has 0 saturated heterocycles. The van der Waals surface area contributed by atoms with Crippen molar-refractivity contribution in [3.05, 3.63) is 132 Å². The molecule has 0 spiro atoms. The number of rotatable bonds is 10. The van der Waals surface area contributed by atoms with E-state index in [9.17, 15) is 9.59 Å². The van der Waals surface area contributed by atoms with Crippen LogP contribution in [-0.2, 0) is 20.4 Å². The van der Waals surface area contributed by atoms with Gasteiger partial charge in [0.2, 0.25) is 17.5 Å². The normalized spacial score (nSPS) is 17.3. The summed E-state index contributed by atoms with van der Waals surface area (Å²) < 4.78 is 2.30. The van der Waals surface area contributed by atoms with Crippen molar-refractivity contribution < 1.29 is 14.2 Å². The molecule has 6 rings (SSSR count). The first kappa shape index (κ1) is 33.7. The highest BCUT2D eigenvalue weighted by molar-refractivity contribution is 6.07. The van der Waals surface area contributed by atoms with Crippen LogP contribution >= 0.6 is 0 Å². The molecule has 0 bridgehead atoms. The molecule has 0 fully saturated rings. The average molecular weight is 652 g/mol. The first-order chi connectivity index (χ1) is 23.6. The minimum absolute atomic E-state index is 0.0310. The van der Waals surface area contributed by atoms with Crippen LogP contribution in [0.1, 0.15) is 51.7 Å². The third-order valence-corrected chi connectivity index (χ3v) is 10.1. The lowest BCUT2D eigenvalue weighted by atomic mass is 9.79. The third kappa shape index (κ3) is 6.24. The fraction of sp³-hybridized carbons (Fsp3) is 0.279. The number of amides is 2. The maximum Gasteiger partial charge on any atom is 0.226 e. The summed E-state index contributed by atoms with van der Waals surface area (Å²) in [6, 6.07) is 25.8. The van der Waals surface area contributed by atoms with Gasteiger partial charge in [-0.25, -0.2) is 0 Å². The van der Waals surface area contributed by atoms with Gasteiger partial charge < -0.3 is 15.5 Å². The van der Waals surface area contributed by atoms with E-state index >= 15 is 0 Å². The van der Waals surface area contributed by atoms with Crippen LogP contribution in [0.3, 0.4) is 0 Å². The van der Waals surface area contributed by atoms with E-state index in [0.717, 1.165) is 11.4 Å². The second-order valence-corrected chi connectivity index (χ2v) is 13.8. The van der Waals surface area contributed by atoms with Crippen molar-refractivity contribution in [2.45, 2.75) is 51.4 Å². The van der Waals surface area contributed by atoms with Crippen LogP contribution < -0.4 is 15.5 Å². The number of fused-ring (bicyclic) bond motifs is 6. The summed E-state index contributed by atoms with van der Waals surface area (Å²) in [6.07, 6.45) is 15.5. The molecule has 2 N–H and O–H groups in total. The lowest BCUT2D eigenvalue weighted by molar-refractivity contribution is -0.436. The number of nitrogens with one attached hydrogen (secondary N) is 2. The summed E-state index contributed by atoms with van der Waals surface area (Å²) in [4.78, 5) is 26.8. The minimum atomic E-state index is -0.241. The monoisotopic (exact) mass is 651 g/mol. The van der Waals surface area contributed by atoms with E-state index < -0.39 is 0 Å². The van der Waals surface area contributed by atoms with Crippen molar-refractivity contribution in [2.24, 2.45) is 0 Å². The molecule has 0 radical (unpaired) electrons. The summed E-state index contributed by atoms with van der Waals surface area (Å²) in [7, 11) is 3.38. The Bertz CT molecular complexity index is 2090. The van der Waals surface area contributed by atoms with Gasteiger partial charge in [-0.1, -0.05) is 98.8 Å². The molecule has 2 heterocycles. The lowest BCUT2D eigenvalue weighted by Crippen LogP contribution is -2.30. The van der Waals surface area contributed by atoms with Gasteiger partial charge in [-0.3, -0.25) is 9.59 Å². The quantitative estimate of drug-likeness (QED) is 0.135. The highest BCUT2D eigenvalue weighted by Crippen LogP contribution is 2.51. The molecule has 0 aliphatic carbocycles. The Kier molecular flexibility index (Phi) is 9.42. The number of allylic oxidation sites excluding steroid dienone is 8. The van der Waals surface area contributed by atoms with Crippen LogP contribution in [0.5, 0.6) is 0 Å². The topological polar surface area (TPSA) is 64.5 Å². The first-order valence-corrected chi connectivity index (χ1v) is 17.2. The van der Waals surface area contributed by atoms with Gasteiger partial charge in [-0.05, 0) is 59.2 Å². The molecule has 6 nitrogen and oxygen atoms in total. The van der Waals surface area contributed by atoms with Crippen LogP contribution in [-0.4, -0.2) is 49.3 Å². The van der Waals surface area contributed by atoms with E-state index in [1.165, 1.54) is 44.1 Å². The van der Waals surface area contributed by atoms with E-state index in [1.54, 1.807) is 14.1 Å². The molecule has 49 heavy (non-hydrogen) atoms. The van der Waals surface area contributed by atoms with Crippen LogP contribution in [0.25, 0.3) is 21.5 Å². The van der Waals surface area contributed by atoms with Crippen LogP contribution in [0.15, 0.2) is 121 Å². The standard InChI is InChI=1S/C43H46N4O2/c1-42(2)36(46(28-26-38(48)44-5)34-24-22-30-16-12-14-18-32(30)40(34)42)20-10-8-7-9-11-21-37-43(3,4)41-33-19-15-13-17-31(33)23-25-35(41)47(37)29-27-39(49)45-6/h7-25H,26-29H2,1-6H3,(H-,44,45,48,49)/p+1. The second kappa shape index (κ2) is 13.7. The Hall–Kier alpha value is -5.23. The van der Waals surface area contributed by atoms with Gasteiger partial charge in [0.05, 0.1) is 11.8 Å². The predicted molar refractivity (Wildman–Crippen MR) is 204 cm³/mol. The molecule has 4 aromatic rings. The van der Waals surface area contributed by atoms with Crippen LogP contribution in [0.2, 0.25) is 0 Å². The highest BCUT2D eigenvalue weighted by atomic mass is 16.2. The largest absolute Gasteiger partial charge is 0.359 e. The van der Waals surface area contributed by atoms with Gasteiger partial charge in [0.15, 0.2) is 12.3 Å². The summed E-state index contributed by atoms with van der Waals surface area (Å²) in [5, 5.41) is 10.5. The van der Waals surface area contributed by atoms with Crippen molar-refractivity contribution in [3.63, 3.8) is 0 Å². The Balaban J connectivity index is 1.28. The van der Waals surface area contributed by atoms with Gasteiger partial charge in [0.1, 0.15) is 0 Å². The van der Waals surface area contributed by atoms with E-state index in [2.05, 4.69) is 157 Å². The molecule has 2 aliphatic heterocycles. The molecule has 0 unspecified atom stereocenters. The van der Waals surface area contributed by atoms with Gasteiger partial charge in [0, 0.05) is 61.6 Å². The molecule has 0 saturated carbocycles. The number of carbonyl (C=O) groups is 2. The van der Waals surface area contributed by atoms with Crippen LogP contribution in [0, 0.1) is 0 Å². The number of hydrogen-bond acceptors (Lipinski definition) is 3. The average Bonchev–Trinajstić information content (AvgIpc) is 3.47. The maximum absolute atomic E-state index is 12.3. The Morgan fingerprint density at radius 3 is 1.98 bits per heavy atom. The summed E-state index contributed by atoms with van der Waals surface area (Å²) in [5.41, 5.74) is 6.78. The summed E-state index contributed by atoms with van der Waals surface area (Å²) in [6.45, 7) is 10.3. The third-order valence-electron chi connectivity index (χ3n) is 10.1. The SMILES string of the molecule is CNC(=O)CCN1/C(=C/C=C/C=C/C=C/C2=[N+](CCC(=O)NC)c3ccc4ccccc4c3C2(C)C)C(C)(C)c2c1ccc1ccccc21. The minimum Gasteiger partial charge on any atom is -0.359 e. The van der Waals surface area contributed by atoms with Crippen molar-refractivity contribution in [1.29, 1.82) is 0 Å². The molecule has 0 aromatic heterocycles. The van der Waals surface area contributed by atoms with E-state index in [0.29, 0.717) is 25.9 Å². The number of carbonyl (C=O) groups excluding carboxylic acids is 2. The molecule has 6 heteroatoms. The maximum atomic E-state index is 12.3. The van der Waals surface area contributed by atoms with Crippen molar-refractivity contribution in [1.82, 2.24) is 10.6 Å². The Morgan fingerprint density at radius 2 is 1.29 bits per heavy atom. The van der Waals surface area contributed by atoms with Gasteiger partial charge in [-0.15, -0.1) is 0 Å².